The van der Waals surface area contributed by atoms with E-state index in [1.807, 2.05) is 18.2 Å². The van der Waals surface area contributed by atoms with E-state index in [0.717, 1.165) is 32.9 Å². The predicted octanol–water partition coefficient (Wildman–Crippen LogP) is 4.21. The van der Waals surface area contributed by atoms with Gasteiger partial charge in [-0.25, -0.2) is 0 Å². The fraction of sp³-hybridized carbons (Fsp3) is 0.0588. The average molecular weight is 463 g/mol. The van der Waals surface area contributed by atoms with Crippen LogP contribution in [0.4, 0.5) is 11.4 Å². The first-order valence-electron chi connectivity index (χ1n) is 7.73. The van der Waals surface area contributed by atoms with Gasteiger partial charge in [-0.1, -0.05) is 33.3 Å². The monoisotopic (exact) mass is 462 g/mol. The second-order valence-electron chi connectivity index (χ2n) is 5.57. The van der Waals surface area contributed by atoms with Gasteiger partial charge in [-0.15, -0.1) is 6.58 Å². The van der Waals surface area contributed by atoms with E-state index in [2.05, 4.69) is 27.5 Å². The summed E-state index contributed by atoms with van der Waals surface area (Å²) in [5.41, 5.74) is -0.492. The normalized spacial score (nSPS) is 11.5. The van der Waals surface area contributed by atoms with Crippen LogP contribution in [0, 0.1) is 20.2 Å². The molecule has 0 unspecified atom stereocenters. The lowest BCUT2D eigenvalue weighted by Crippen LogP contribution is -2.16. The quantitative estimate of drug-likeness (QED) is 0.319. The molecule has 1 aromatic heterocycles. The fourth-order valence-electron chi connectivity index (χ4n) is 2.52. The predicted molar refractivity (Wildman–Crippen MR) is 107 cm³/mol. The fourth-order valence-corrected chi connectivity index (χ4v) is 4.11. The van der Waals surface area contributed by atoms with Crippen LogP contribution in [-0.2, 0) is 6.54 Å². The average Bonchev–Trinajstić information content (AvgIpc) is 2.97. The Bertz CT molecular complexity index is 1180. The van der Waals surface area contributed by atoms with Gasteiger partial charge >= 0.3 is 0 Å². The Hall–Kier alpha value is -3.18. The molecule has 28 heavy (non-hydrogen) atoms. The Kier molecular flexibility index (Phi) is 5.47. The molecule has 2 aromatic carbocycles. The van der Waals surface area contributed by atoms with E-state index in [1.54, 1.807) is 10.6 Å². The SMILES string of the molecule is C=CCn1c(=NC(=O)c2cc([N+](=O)[O-])cc([N+](=O)[O-])c2)sc2cc(Br)ccc21. The van der Waals surface area contributed by atoms with Gasteiger partial charge < -0.3 is 4.57 Å². The first kappa shape index (κ1) is 19.6. The number of halogens is 1. The summed E-state index contributed by atoms with van der Waals surface area (Å²) in [5, 5.41) is 22.0. The number of rotatable bonds is 5. The summed E-state index contributed by atoms with van der Waals surface area (Å²) in [6.45, 7) is 4.09. The van der Waals surface area contributed by atoms with Crippen molar-refractivity contribution in [2.24, 2.45) is 4.99 Å². The number of allylic oxidation sites excluding steroid dienone is 1. The van der Waals surface area contributed by atoms with Crippen LogP contribution in [0.3, 0.4) is 0 Å². The number of aromatic nitrogens is 1. The minimum atomic E-state index is -0.810. The van der Waals surface area contributed by atoms with Gasteiger partial charge in [0.15, 0.2) is 4.80 Å². The van der Waals surface area contributed by atoms with Crippen molar-refractivity contribution in [3.8, 4) is 0 Å². The van der Waals surface area contributed by atoms with Crippen molar-refractivity contribution >= 4 is 54.8 Å². The van der Waals surface area contributed by atoms with Crippen molar-refractivity contribution in [3.63, 3.8) is 0 Å². The molecule has 0 N–H and O–H groups in total. The van der Waals surface area contributed by atoms with Crippen LogP contribution >= 0.6 is 27.3 Å². The molecule has 3 rings (SSSR count). The number of fused-ring (bicyclic) bond motifs is 1. The van der Waals surface area contributed by atoms with Crippen molar-refractivity contribution in [2.45, 2.75) is 6.54 Å². The zero-order valence-electron chi connectivity index (χ0n) is 14.1. The molecule has 0 fully saturated rings. The molecular weight excluding hydrogens is 452 g/mol. The maximum absolute atomic E-state index is 12.6. The molecule has 1 amide bonds. The van der Waals surface area contributed by atoms with E-state index in [-0.39, 0.29) is 5.56 Å². The minimum absolute atomic E-state index is 0.232. The molecule has 0 atom stereocenters. The summed E-state index contributed by atoms with van der Waals surface area (Å²) in [6, 6.07) is 8.33. The van der Waals surface area contributed by atoms with Gasteiger partial charge in [-0.2, -0.15) is 4.99 Å². The van der Waals surface area contributed by atoms with Crippen LogP contribution in [0.1, 0.15) is 10.4 Å². The van der Waals surface area contributed by atoms with Gasteiger partial charge in [0.2, 0.25) is 0 Å². The molecule has 0 saturated carbocycles. The Labute approximate surface area is 169 Å². The van der Waals surface area contributed by atoms with Crippen LogP contribution in [0.5, 0.6) is 0 Å². The maximum atomic E-state index is 12.6. The second-order valence-corrected chi connectivity index (χ2v) is 7.49. The third-order valence-corrected chi connectivity index (χ3v) is 5.26. The molecule has 0 bridgehead atoms. The zero-order chi connectivity index (χ0) is 20.4. The number of nitro benzene ring substituents is 2. The molecule has 0 aliphatic carbocycles. The van der Waals surface area contributed by atoms with E-state index in [9.17, 15) is 25.0 Å². The number of amides is 1. The molecule has 9 nitrogen and oxygen atoms in total. The molecule has 0 radical (unpaired) electrons. The topological polar surface area (TPSA) is 121 Å². The van der Waals surface area contributed by atoms with Gasteiger partial charge in [-0.3, -0.25) is 25.0 Å². The van der Waals surface area contributed by atoms with Crippen molar-refractivity contribution in [1.82, 2.24) is 4.57 Å². The molecular formula is C17H11BrN4O5S. The highest BCUT2D eigenvalue weighted by atomic mass is 79.9. The number of nitro groups is 2. The maximum Gasteiger partial charge on any atom is 0.280 e. The third-order valence-electron chi connectivity index (χ3n) is 3.72. The largest absolute Gasteiger partial charge is 0.312 e. The number of benzene rings is 2. The summed E-state index contributed by atoms with van der Waals surface area (Å²) in [4.78, 5) is 37.5. The first-order valence-corrected chi connectivity index (χ1v) is 9.34. The van der Waals surface area contributed by atoms with Gasteiger partial charge in [0.25, 0.3) is 17.3 Å². The molecule has 11 heteroatoms. The molecule has 3 aromatic rings. The van der Waals surface area contributed by atoms with Crippen LogP contribution < -0.4 is 4.80 Å². The van der Waals surface area contributed by atoms with Crippen LogP contribution in [-0.4, -0.2) is 20.3 Å². The van der Waals surface area contributed by atoms with E-state index in [4.69, 9.17) is 0 Å². The standard InChI is InChI=1S/C17H11BrN4O5S/c1-2-5-20-14-4-3-11(18)8-15(14)28-17(20)19-16(23)10-6-12(21(24)25)9-13(7-10)22(26)27/h2-4,6-9H,1,5H2. The lowest BCUT2D eigenvalue weighted by atomic mass is 10.1. The van der Waals surface area contributed by atoms with Gasteiger partial charge in [0.1, 0.15) is 0 Å². The Morgan fingerprint density at radius 3 is 2.39 bits per heavy atom. The number of carbonyl (C=O) groups is 1. The van der Waals surface area contributed by atoms with Crippen molar-refractivity contribution in [1.29, 1.82) is 0 Å². The second kappa shape index (κ2) is 7.82. The number of thiazole rings is 1. The van der Waals surface area contributed by atoms with Crippen molar-refractivity contribution in [2.75, 3.05) is 0 Å². The molecule has 0 saturated heterocycles. The summed E-state index contributed by atoms with van der Waals surface area (Å²) in [7, 11) is 0. The van der Waals surface area contributed by atoms with E-state index in [1.165, 1.54) is 11.3 Å². The number of hydrogen-bond acceptors (Lipinski definition) is 6. The first-order chi connectivity index (χ1) is 13.3. The molecule has 0 aliphatic heterocycles. The Balaban J connectivity index is 2.17. The highest BCUT2D eigenvalue weighted by molar-refractivity contribution is 9.10. The van der Waals surface area contributed by atoms with Gasteiger partial charge in [0, 0.05) is 23.2 Å². The summed E-state index contributed by atoms with van der Waals surface area (Å²) >= 11 is 4.64. The minimum Gasteiger partial charge on any atom is -0.312 e. The van der Waals surface area contributed by atoms with E-state index in [0.29, 0.717) is 11.3 Å². The van der Waals surface area contributed by atoms with Gasteiger partial charge in [0.05, 0.1) is 31.7 Å². The molecule has 0 spiro atoms. The van der Waals surface area contributed by atoms with Crippen molar-refractivity contribution in [3.05, 3.63) is 84.1 Å². The summed E-state index contributed by atoms with van der Waals surface area (Å²) in [6.07, 6.45) is 1.65. The van der Waals surface area contributed by atoms with Crippen molar-refractivity contribution < 1.29 is 14.6 Å². The van der Waals surface area contributed by atoms with Crippen LogP contribution in [0.15, 0.2) is 58.5 Å². The van der Waals surface area contributed by atoms with E-state index >= 15 is 0 Å². The molecule has 142 valence electrons. The molecule has 0 aliphatic rings. The lowest BCUT2D eigenvalue weighted by Gasteiger charge is -2.01. The smallest absolute Gasteiger partial charge is 0.280 e. The summed E-state index contributed by atoms with van der Waals surface area (Å²) < 4.78 is 3.50. The number of nitrogens with zero attached hydrogens (tertiary/aromatic N) is 4. The van der Waals surface area contributed by atoms with E-state index < -0.39 is 27.1 Å². The highest BCUT2D eigenvalue weighted by Gasteiger charge is 2.20. The molecule has 1 heterocycles. The Morgan fingerprint density at radius 2 is 1.82 bits per heavy atom. The third kappa shape index (κ3) is 3.89. The number of carbonyl (C=O) groups excluding carboxylic acids is 1. The summed E-state index contributed by atoms with van der Waals surface area (Å²) in [5.74, 6) is -0.810. The van der Waals surface area contributed by atoms with Crippen LogP contribution in [0.25, 0.3) is 10.2 Å². The number of non-ortho nitro benzene ring substituents is 2. The number of hydrogen-bond donors (Lipinski definition) is 0. The Morgan fingerprint density at radius 1 is 1.18 bits per heavy atom. The zero-order valence-corrected chi connectivity index (χ0v) is 16.5. The lowest BCUT2D eigenvalue weighted by molar-refractivity contribution is -0.394. The highest BCUT2D eigenvalue weighted by Crippen LogP contribution is 2.24. The van der Waals surface area contributed by atoms with Crippen LogP contribution in [0.2, 0.25) is 0 Å². The van der Waals surface area contributed by atoms with Gasteiger partial charge in [-0.05, 0) is 18.2 Å².